The Morgan fingerprint density at radius 2 is 2.09 bits per heavy atom. The Labute approximate surface area is 135 Å². The molecule has 3 rings (SSSR count). The van der Waals surface area contributed by atoms with Gasteiger partial charge in [-0.05, 0) is 18.9 Å². The number of hydrogen-bond acceptors (Lipinski definition) is 5. The molecule has 5 nitrogen and oxygen atoms in total. The molecule has 3 heterocycles. The third kappa shape index (κ3) is 3.06. The van der Waals surface area contributed by atoms with E-state index in [1.165, 1.54) is 19.4 Å². The molecule has 23 heavy (non-hydrogen) atoms. The number of aromatic nitrogens is 1. The zero-order valence-corrected chi connectivity index (χ0v) is 14.0. The molecule has 1 saturated heterocycles. The average Bonchev–Trinajstić information content (AvgIpc) is 2.50. The highest BCUT2D eigenvalue weighted by atomic mass is 32.2. The van der Waals surface area contributed by atoms with Crippen molar-refractivity contribution in [2.45, 2.75) is 42.7 Å². The first-order valence-corrected chi connectivity index (χ1v) is 9.63. The Morgan fingerprint density at radius 1 is 1.43 bits per heavy atom. The van der Waals surface area contributed by atoms with E-state index in [9.17, 15) is 13.0 Å². The zero-order valence-electron chi connectivity index (χ0n) is 13.2. The van der Waals surface area contributed by atoms with Crippen molar-refractivity contribution in [1.82, 2.24) is 4.98 Å². The SMILES string of the molecule is C[C@H]1c2cnc([S@@](C)(=N)=O)cc2N(C2CCOCC2)CC1(F)F. The smallest absolute Gasteiger partial charge is 0.271 e. The Bertz CT molecular complexity index is 703. The second-order valence-corrected chi connectivity index (χ2v) is 8.48. The van der Waals surface area contributed by atoms with E-state index in [-0.39, 0.29) is 17.6 Å². The van der Waals surface area contributed by atoms with Crippen LogP contribution in [0.15, 0.2) is 17.3 Å². The van der Waals surface area contributed by atoms with Crippen LogP contribution in [0.4, 0.5) is 14.5 Å². The predicted molar refractivity (Wildman–Crippen MR) is 83.8 cm³/mol. The van der Waals surface area contributed by atoms with Crippen molar-refractivity contribution >= 4 is 15.4 Å². The van der Waals surface area contributed by atoms with E-state index in [1.807, 2.05) is 0 Å². The van der Waals surface area contributed by atoms with E-state index in [4.69, 9.17) is 9.52 Å². The summed E-state index contributed by atoms with van der Waals surface area (Å²) in [5.74, 6) is -3.79. The molecule has 0 amide bonds. The van der Waals surface area contributed by atoms with Crippen molar-refractivity contribution in [1.29, 1.82) is 4.78 Å². The number of halogens is 2. The summed E-state index contributed by atoms with van der Waals surface area (Å²) in [5, 5.41) is 0.144. The van der Waals surface area contributed by atoms with Crippen LogP contribution in [0.2, 0.25) is 0 Å². The van der Waals surface area contributed by atoms with Gasteiger partial charge in [0.25, 0.3) is 5.92 Å². The number of hydrogen-bond donors (Lipinski definition) is 1. The molecule has 0 radical (unpaired) electrons. The molecule has 2 aliphatic rings. The number of rotatable bonds is 2. The Balaban J connectivity index is 2.09. The fourth-order valence-corrected chi connectivity index (χ4v) is 3.82. The summed E-state index contributed by atoms with van der Waals surface area (Å²) in [5.41, 5.74) is 1.10. The van der Waals surface area contributed by atoms with Crippen molar-refractivity contribution in [3.05, 3.63) is 17.8 Å². The van der Waals surface area contributed by atoms with Gasteiger partial charge in [0.15, 0.2) is 0 Å². The van der Waals surface area contributed by atoms with Crippen LogP contribution in [0.1, 0.15) is 31.2 Å². The molecule has 2 atom stereocenters. The van der Waals surface area contributed by atoms with Gasteiger partial charge in [-0.2, -0.15) is 0 Å². The summed E-state index contributed by atoms with van der Waals surface area (Å²) < 4.78 is 53.9. The van der Waals surface area contributed by atoms with Crippen LogP contribution < -0.4 is 4.90 Å². The molecule has 0 aliphatic carbocycles. The largest absolute Gasteiger partial charge is 0.381 e. The van der Waals surface area contributed by atoms with Crippen LogP contribution in [0.25, 0.3) is 0 Å². The second kappa shape index (κ2) is 5.66. The highest BCUT2D eigenvalue weighted by Crippen LogP contribution is 2.45. The van der Waals surface area contributed by atoms with Crippen molar-refractivity contribution in [2.24, 2.45) is 0 Å². The lowest BCUT2D eigenvalue weighted by molar-refractivity contribution is -0.0240. The lowest BCUT2D eigenvalue weighted by atomic mass is 9.88. The molecule has 1 fully saturated rings. The molecule has 0 bridgehead atoms. The molecule has 128 valence electrons. The van der Waals surface area contributed by atoms with E-state index in [0.29, 0.717) is 37.3 Å². The lowest BCUT2D eigenvalue weighted by Crippen LogP contribution is -2.51. The van der Waals surface area contributed by atoms with Crippen LogP contribution in [0, 0.1) is 4.78 Å². The summed E-state index contributed by atoms with van der Waals surface area (Å²) in [6, 6.07) is 1.53. The number of anilines is 1. The van der Waals surface area contributed by atoms with Gasteiger partial charge in [0.05, 0.1) is 22.2 Å². The monoisotopic (exact) mass is 345 g/mol. The summed E-state index contributed by atoms with van der Waals surface area (Å²) in [7, 11) is -2.99. The van der Waals surface area contributed by atoms with Crippen molar-refractivity contribution in [3.8, 4) is 0 Å². The quantitative estimate of drug-likeness (QED) is 0.895. The Kier molecular flexibility index (Phi) is 4.08. The topological polar surface area (TPSA) is 66.3 Å². The molecule has 0 unspecified atom stereocenters. The molecule has 1 N–H and O–H groups in total. The van der Waals surface area contributed by atoms with Crippen molar-refractivity contribution in [2.75, 3.05) is 30.9 Å². The third-order valence-electron chi connectivity index (χ3n) is 4.71. The molecular weight excluding hydrogens is 324 g/mol. The highest BCUT2D eigenvalue weighted by Gasteiger charge is 2.46. The van der Waals surface area contributed by atoms with Crippen molar-refractivity contribution in [3.63, 3.8) is 0 Å². The number of ether oxygens (including phenoxy) is 1. The maximum Gasteiger partial charge on any atom is 0.271 e. The lowest BCUT2D eigenvalue weighted by Gasteiger charge is -2.44. The summed E-state index contributed by atoms with van der Waals surface area (Å²) >= 11 is 0. The number of alkyl halides is 2. The zero-order chi connectivity index (χ0) is 16.8. The van der Waals surface area contributed by atoms with Gasteiger partial charge in [-0.15, -0.1) is 0 Å². The van der Waals surface area contributed by atoms with Crippen LogP contribution in [0.3, 0.4) is 0 Å². The van der Waals surface area contributed by atoms with Gasteiger partial charge in [0.1, 0.15) is 5.03 Å². The molecular formula is C15H21F2N3O2S. The molecule has 0 saturated carbocycles. The summed E-state index contributed by atoms with van der Waals surface area (Å²) in [6.07, 6.45) is 4.03. The average molecular weight is 345 g/mol. The van der Waals surface area contributed by atoms with Gasteiger partial charge < -0.3 is 9.64 Å². The summed E-state index contributed by atoms with van der Waals surface area (Å²) in [6.45, 7) is 2.24. The van der Waals surface area contributed by atoms with Gasteiger partial charge in [-0.25, -0.2) is 22.8 Å². The first-order valence-electron chi connectivity index (χ1n) is 7.66. The van der Waals surface area contributed by atoms with Gasteiger partial charge in [-0.1, -0.05) is 6.92 Å². The normalized spacial score (nSPS) is 27.3. The van der Waals surface area contributed by atoms with Crippen LogP contribution in [-0.4, -0.2) is 47.2 Å². The Morgan fingerprint density at radius 3 is 2.70 bits per heavy atom. The second-order valence-electron chi connectivity index (χ2n) is 6.38. The number of nitrogens with zero attached hydrogens (tertiary/aromatic N) is 2. The van der Waals surface area contributed by atoms with Crippen molar-refractivity contribution < 1.29 is 17.7 Å². The van der Waals surface area contributed by atoms with E-state index in [1.54, 1.807) is 11.0 Å². The maximum absolute atomic E-state index is 14.4. The van der Waals surface area contributed by atoms with Gasteiger partial charge >= 0.3 is 0 Å². The number of nitrogens with one attached hydrogen (secondary N) is 1. The van der Waals surface area contributed by atoms with E-state index < -0.39 is 21.6 Å². The van der Waals surface area contributed by atoms with E-state index >= 15 is 0 Å². The minimum Gasteiger partial charge on any atom is -0.381 e. The Hall–Kier alpha value is -1.28. The first kappa shape index (κ1) is 16.6. The molecule has 0 aromatic carbocycles. The minimum atomic E-state index is -2.99. The van der Waals surface area contributed by atoms with Crippen LogP contribution in [0.5, 0.6) is 0 Å². The molecule has 1 aromatic heterocycles. The van der Waals surface area contributed by atoms with E-state index in [0.717, 1.165) is 0 Å². The fraction of sp³-hybridized carbons (Fsp3) is 0.667. The van der Waals surface area contributed by atoms with E-state index in [2.05, 4.69) is 4.98 Å². The standard InChI is InChI=1S/C15H21F2N3O2S/c1-10-12-8-19-14(23(2,18)21)7-13(12)20(9-15(10,16)17)11-3-5-22-6-4-11/h7-8,10-11,18H,3-6,9H2,1-2H3/t10-,23-/m0/s1. The number of pyridine rings is 1. The van der Waals surface area contributed by atoms with Gasteiger partial charge in [-0.3, -0.25) is 0 Å². The van der Waals surface area contributed by atoms with Crippen LogP contribution in [-0.2, 0) is 14.5 Å². The van der Waals surface area contributed by atoms with Gasteiger partial charge in [0.2, 0.25) is 0 Å². The molecule has 8 heteroatoms. The number of fused-ring (bicyclic) bond motifs is 1. The first-order chi connectivity index (χ1) is 10.7. The maximum atomic E-state index is 14.4. The van der Waals surface area contributed by atoms with Crippen LogP contribution >= 0.6 is 0 Å². The third-order valence-corrected chi connectivity index (χ3v) is 5.73. The molecule has 2 aliphatic heterocycles. The minimum absolute atomic E-state index is 0.0326. The fourth-order valence-electron chi connectivity index (χ4n) is 3.23. The summed E-state index contributed by atoms with van der Waals surface area (Å²) in [4.78, 5) is 5.71. The predicted octanol–water partition coefficient (Wildman–Crippen LogP) is 2.85. The molecule has 0 spiro atoms. The highest BCUT2D eigenvalue weighted by molar-refractivity contribution is 7.91. The van der Waals surface area contributed by atoms with Gasteiger partial charge in [0, 0.05) is 43.0 Å². The molecule has 1 aromatic rings.